The number of imidazole rings is 1. The Morgan fingerprint density at radius 1 is 0.973 bits per heavy atom. The van der Waals surface area contributed by atoms with Crippen molar-refractivity contribution in [2.45, 2.75) is 20.8 Å². The summed E-state index contributed by atoms with van der Waals surface area (Å²) >= 11 is 0. The molecule has 1 N–H and O–H groups in total. The summed E-state index contributed by atoms with van der Waals surface area (Å²) in [6, 6.07) is 24.7. The zero-order valence-corrected chi connectivity index (χ0v) is 21.6. The third-order valence-electron chi connectivity index (χ3n) is 5.88. The fourth-order valence-corrected chi connectivity index (χ4v) is 4.03. The molecule has 7 nitrogen and oxygen atoms in total. The monoisotopic (exact) mass is 496 g/mol. The first-order valence-electron chi connectivity index (χ1n) is 12.3. The SMILES string of the molecule is COc1ccc(-c2cn(-c3ccccc3)c(NC(=O)CN(CC(C)C)C(=O)c3ccc(C)cc3)n2)cc1. The van der Waals surface area contributed by atoms with E-state index in [2.05, 4.69) is 5.32 Å². The van der Waals surface area contributed by atoms with Gasteiger partial charge in [0.25, 0.3) is 5.91 Å². The molecule has 0 radical (unpaired) electrons. The third kappa shape index (κ3) is 6.44. The van der Waals surface area contributed by atoms with Crippen LogP contribution in [0.5, 0.6) is 5.75 Å². The van der Waals surface area contributed by atoms with Crippen molar-refractivity contribution in [1.82, 2.24) is 14.5 Å². The summed E-state index contributed by atoms with van der Waals surface area (Å²) in [7, 11) is 1.62. The maximum absolute atomic E-state index is 13.2. The molecule has 2 amide bonds. The molecule has 190 valence electrons. The number of anilines is 1. The van der Waals surface area contributed by atoms with Crippen molar-refractivity contribution in [3.63, 3.8) is 0 Å². The van der Waals surface area contributed by atoms with Gasteiger partial charge < -0.3 is 9.64 Å². The van der Waals surface area contributed by atoms with Crippen LogP contribution >= 0.6 is 0 Å². The minimum atomic E-state index is -0.315. The molecule has 0 saturated carbocycles. The first-order valence-corrected chi connectivity index (χ1v) is 12.3. The number of hydrogen-bond donors (Lipinski definition) is 1. The van der Waals surface area contributed by atoms with Gasteiger partial charge in [0, 0.05) is 29.6 Å². The van der Waals surface area contributed by atoms with E-state index < -0.39 is 0 Å². The van der Waals surface area contributed by atoms with Crippen molar-refractivity contribution in [3.05, 3.63) is 96.2 Å². The normalized spacial score (nSPS) is 10.8. The van der Waals surface area contributed by atoms with Gasteiger partial charge in [-0.15, -0.1) is 0 Å². The minimum absolute atomic E-state index is 0.0790. The Kier molecular flexibility index (Phi) is 8.03. The fraction of sp³-hybridized carbons (Fsp3) is 0.233. The van der Waals surface area contributed by atoms with Crippen molar-refractivity contribution in [3.8, 4) is 22.7 Å². The average Bonchev–Trinajstić information content (AvgIpc) is 3.32. The Labute approximate surface area is 217 Å². The topological polar surface area (TPSA) is 76.5 Å². The van der Waals surface area contributed by atoms with Crippen molar-refractivity contribution >= 4 is 17.8 Å². The lowest BCUT2D eigenvalue weighted by atomic mass is 10.1. The largest absolute Gasteiger partial charge is 0.497 e. The van der Waals surface area contributed by atoms with E-state index in [4.69, 9.17) is 9.72 Å². The number of nitrogens with zero attached hydrogens (tertiary/aromatic N) is 3. The molecule has 0 fully saturated rings. The third-order valence-corrected chi connectivity index (χ3v) is 5.88. The summed E-state index contributed by atoms with van der Waals surface area (Å²) < 4.78 is 7.10. The van der Waals surface area contributed by atoms with Gasteiger partial charge in [0.15, 0.2) is 0 Å². The Morgan fingerprint density at radius 2 is 1.65 bits per heavy atom. The number of carbonyl (C=O) groups excluding carboxylic acids is 2. The van der Waals surface area contributed by atoms with E-state index in [0.29, 0.717) is 23.8 Å². The Morgan fingerprint density at radius 3 is 2.27 bits per heavy atom. The van der Waals surface area contributed by atoms with E-state index >= 15 is 0 Å². The van der Waals surface area contributed by atoms with Gasteiger partial charge in [-0.25, -0.2) is 4.98 Å². The standard InChI is InChI=1S/C30H32N4O3/c1-21(2)18-33(29(36)24-12-10-22(3)11-13-24)20-28(35)32-30-31-27(23-14-16-26(37-4)17-15-23)19-34(30)25-8-6-5-7-9-25/h5-17,19,21H,18,20H2,1-4H3,(H,31,32,35). The number of amides is 2. The molecule has 3 aromatic carbocycles. The molecule has 0 spiro atoms. The average molecular weight is 497 g/mol. The van der Waals surface area contributed by atoms with E-state index in [1.165, 1.54) is 0 Å². The maximum atomic E-state index is 13.2. The lowest BCUT2D eigenvalue weighted by Gasteiger charge is -2.24. The molecule has 0 bridgehead atoms. The Bertz CT molecular complexity index is 1340. The van der Waals surface area contributed by atoms with Gasteiger partial charge in [0.2, 0.25) is 11.9 Å². The second kappa shape index (κ2) is 11.6. The number of nitrogens with one attached hydrogen (secondary N) is 1. The highest BCUT2D eigenvalue weighted by molar-refractivity contribution is 5.99. The highest BCUT2D eigenvalue weighted by Crippen LogP contribution is 2.26. The van der Waals surface area contributed by atoms with Crippen LogP contribution in [-0.4, -0.2) is 46.5 Å². The number of ether oxygens (including phenoxy) is 1. The number of hydrogen-bond acceptors (Lipinski definition) is 4. The van der Waals surface area contributed by atoms with Crippen LogP contribution in [0.15, 0.2) is 85.1 Å². The van der Waals surface area contributed by atoms with E-state index in [0.717, 1.165) is 22.6 Å². The molecule has 0 aliphatic carbocycles. The molecule has 0 aliphatic rings. The Hall–Kier alpha value is -4.39. The minimum Gasteiger partial charge on any atom is -0.497 e. The highest BCUT2D eigenvalue weighted by Gasteiger charge is 2.22. The van der Waals surface area contributed by atoms with Gasteiger partial charge in [0.05, 0.1) is 12.8 Å². The first-order chi connectivity index (χ1) is 17.8. The van der Waals surface area contributed by atoms with E-state index in [-0.39, 0.29) is 24.3 Å². The van der Waals surface area contributed by atoms with Gasteiger partial charge in [-0.3, -0.25) is 19.5 Å². The summed E-state index contributed by atoms with van der Waals surface area (Å²) in [5.74, 6) is 0.854. The number of para-hydroxylation sites is 1. The molecule has 0 aliphatic heterocycles. The van der Waals surface area contributed by atoms with Gasteiger partial charge in [0.1, 0.15) is 12.3 Å². The lowest BCUT2D eigenvalue weighted by molar-refractivity contribution is -0.117. The van der Waals surface area contributed by atoms with Crippen LogP contribution in [0.3, 0.4) is 0 Å². The fourth-order valence-electron chi connectivity index (χ4n) is 4.03. The molecule has 0 unspecified atom stereocenters. The number of carbonyl (C=O) groups is 2. The van der Waals surface area contributed by atoms with Crippen LogP contribution in [0.4, 0.5) is 5.95 Å². The molecule has 1 heterocycles. The number of benzene rings is 3. The van der Waals surface area contributed by atoms with Crippen molar-refractivity contribution in [2.24, 2.45) is 5.92 Å². The predicted octanol–water partition coefficient (Wildman–Crippen LogP) is 5.59. The van der Waals surface area contributed by atoms with Gasteiger partial charge in [-0.2, -0.15) is 0 Å². The zero-order valence-electron chi connectivity index (χ0n) is 21.6. The van der Waals surface area contributed by atoms with Crippen LogP contribution in [0.1, 0.15) is 29.8 Å². The maximum Gasteiger partial charge on any atom is 0.254 e. The van der Waals surface area contributed by atoms with E-state index in [9.17, 15) is 9.59 Å². The molecule has 0 saturated heterocycles. The van der Waals surface area contributed by atoms with Crippen molar-refractivity contribution < 1.29 is 14.3 Å². The summed E-state index contributed by atoms with van der Waals surface area (Å²) in [4.78, 5) is 32.8. The van der Waals surface area contributed by atoms with Crippen LogP contribution in [0.25, 0.3) is 16.9 Å². The lowest BCUT2D eigenvalue weighted by Crippen LogP contribution is -2.40. The number of methoxy groups -OCH3 is 1. The van der Waals surface area contributed by atoms with Crippen molar-refractivity contribution in [2.75, 3.05) is 25.5 Å². The molecule has 37 heavy (non-hydrogen) atoms. The predicted molar refractivity (Wildman–Crippen MR) is 146 cm³/mol. The molecule has 0 atom stereocenters. The number of rotatable bonds is 9. The first kappa shape index (κ1) is 25.7. The van der Waals surface area contributed by atoms with Crippen LogP contribution in [-0.2, 0) is 4.79 Å². The molecule has 4 aromatic rings. The zero-order chi connectivity index (χ0) is 26.4. The summed E-state index contributed by atoms with van der Waals surface area (Å²) in [6.07, 6.45) is 1.89. The smallest absolute Gasteiger partial charge is 0.254 e. The molecule has 1 aromatic heterocycles. The molecular weight excluding hydrogens is 464 g/mol. The molecule has 4 rings (SSSR count). The quantitative estimate of drug-likeness (QED) is 0.328. The van der Waals surface area contributed by atoms with Gasteiger partial charge >= 0.3 is 0 Å². The summed E-state index contributed by atoms with van der Waals surface area (Å²) in [5, 5.41) is 2.94. The second-order valence-corrected chi connectivity index (χ2v) is 9.38. The highest BCUT2D eigenvalue weighted by atomic mass is 16.5. The number of aryl methyl sites for hydroxylation is 1. The summed E-state index contributed by atoms with van der Waals surface area (Å²) in [6.45, 7) is 6.41. The van der Waals surface area contributed by atoms with Gasteiger partial charge in [-0.05, 0) is 61.4 Å². The summed E-state index contributed by atoms with van der Waals surface area (Å²) in [5.41, 5.74) is 4.09. The number of aromatic nitrogens is 2. The van der Waals surface area contributed by atoms with Crippen LogP contribution in [0, 0.1) is 12.8 Å². The second-order valence-electron chi connectivity index (χ2n) is 9.38. The molecular formula is C30H32N4O3. The van der Waals surface area contributed by atoms with Crippen LogP contribution in [0.2, 0.25) is 0 Å². The molecule has 7 heteroatoms. The Balaban J connectivity index is 1.60. The van der Waals surface area contributed by atoms with E-state index in [1.54, 1.807) is 24.1 Å². The van der Waals surface area contributed by atoms with Crippen molar-refractivity contribution in [1.29, 1.82) is 0 Å². The van der Waals surface area contributed by atoms with E-state index in [1.807, 2.05) is 98.3 Å². The van der Waals surface area contributed by atoms with Crippen LogP contribution < -0.4 is 10.1 Å². The van der Waals surface area contributed by atoms with Gasteiger partial charge in [-0.1, -0.05) is 49.7 Å².